The molecule has 0 aliphatic rings. The zero-order chi connectivity index (χ0) is 10.3. The van der Waals surface area contributed by atoms with E-state index >= 15 is 0 Å². The van der Waals surface area contributed by atoms with Crippen LogP contribution in [-0.2, 0) is 4.79 Å². The summed E-state index contributed by atoms with van der Waals surface area (Å²) in [6.07, 6.45) is 0. The highest BCUT2D eigenvalue weighted by atomic mass is 16.2. The first kappa shape index (κ1) is 11.6. The van der Waals surface area contributed by atoms with Crippen LogP contribution in [0.4, 0.5) is 5.69 Å². The van der Waals surface area contributed by atoms with Crippen molar-refractivity contribution in [2.75, 3.05) is 5.01 Å². The SMILES string of the molecule is CC.CC(=O)N(N)c1ccccc1. The molecule has 3 heteroatoms. The van der Waals surface area contributed by atoms with Crippen LogP contribution in [0, 0.1) is 0 Å². The van der Waals surface area contributed by atoms with Crippen molar-refractivity contribution in [2.24, 2.45) is 5.84 Å². The second-order valence-corrected chi connectivity index (χ2v) is 2.22. The Kier molecular flexibility index (Phi) is 5.55. The number of hydrogen-bond acceptors (Lipinski definition) is 2. The molecule has 3 nitrogen and oxygen atoms in total. The lowest BCUT2D eigenvalue weighted by Gasteiger charge is -2.13. The van der Waals surface area contributed by atoms with Crippen LogP contribution in [0.2, 0.25) is 0 Å². The molecule has 1 amide bonds. The highest BCUT2D eigenvalue weighted by molar-refractivity contribution is 5.89. The van der Waals surface area contributed by atoms with Gasteiger partial charge in [0.25, 0.3) is 0 Å². The zero-order valence-corrected chi connectivity index (χ0v) is 8.32. The van der Waals surface area contributed by atoms with E-state index in [2.05, 4.69) is 0 Å². The van der Waals surface area contributed by atoms with E-state index in [1.54, 1.807) is 12.1 Å². The van der Waals surface area contributed by atoms with Gasteiger partial charge in [-0.15, -0.1) is 0 Å². The van der Waals surface area contributed by atoms with Crippen LogP contribution in [0.3, 0.4) is 0 Å². The van der Waals surface area contributed by atoms with Crippen molar-refractivity contribution in [3.05, 3.63) is 30.3 Å². The van der Waals surface area contributed by atoms with Crippen LogP contribution in [0.15, 0.2) is 30.3 Å². The van der Waals surface area contributed by atoms with E-state index < -0.39 is 0 Å². The molecule has 13 heavy (non-hydrogen) atoms. The molecule has 1 aromatic carbocycles. The zero-order valence-electron chi connectivity index (χ0n) is 8.32. The molecule has 0 unspecified atom stereocenters. The Labute approximate surface area is 79.1 Å². The van der Waals surface area contributed by atoms with Gasteiger partial charge in [-0.05, 0) is 12.1 Å². The van der Waals surface area contributed by atoms with Gasteiger partial charge >= 0.3 is 0 Å². The number of carbonyl (C=O) groups is 1. The minimum absolute atomic E-state index is 0.170. The van der Waals surface area contributed by atoms with Gasteiger partial charge in [-0.25, -0.2) is 10.9 Å². The second kappa shape index (κ2) is 6.20. The van der Waals surface area contributed by atoms with E-state index in [9.17, 15) is 4.79 Å². The van der Waals surface area contributed by atoms with Crippen LogP contribution in [0.25, 0.3) is 0 Å². The number of carbonyl (C=O) groups excluding carboxylic acids is 1. The van der Waals surface area contributed by atoms with Crippen molar-refractivity contribution >= 4 is 11.6 Å². The summed E-state index contributed by atoms with van der Waals surface area (Å²) in [4.78, 5) is 10.7. The van der Waals surface area contributed by atoms with E-state index in [0.29, 0.717) is 5.69 Å². The van der Waals surface area contributed by atoms with Crippen molar-refractivity contribution in [1.82, 2.24) is 0 Å². The molecule has 0 radical (unpaired) electrons. The Hall–Kier alpha value is -1.35. The molecule has 1 rings (SSSR count). The van der Waals surface area contributed by atoms with Gasteiger partial charge in [-0.1, -0.05) is 32.0 Å². The van der Waals surface area contributed by atoms with Crippen LogP contribution in [-0.4, -0.2) is 5.91 Å². The minimum Gasteiger partial charge on any atom is -0.273 e. The van der Waals surface area contributed by atoms with Crippen molar-refractivity contribution in [3.63, 3.8) is 0 Å². The quantitative estimate of drug-likeness (QED) is 0.408. The van der Waals surface area contributed by atoms with E-state index in [0.717, 1.165) is 5.01 Å². The maximum atomic E-state index is 10.7. The minimum atomic E-state index is -0.170. The molecule has 0 saturated carbocycles. The molecule has 1 aromatic rings. The molecular weight excluding hydrogens is 164 g/mol. The van der Waals surface area contributed by atoms with Gasteiger partial charge in [-0.2, -0.15) is 0 Å². The first-order valence-electron chi connectivity index (χ1n) is 4.32. The summed E-state index contributed by atoms with van der Waals surface area (Å²) in [6, 6.07) is 9.09. The van der Waals surface area contributed by atoms with Gasteiger partial charge in [0.2, 0.25) is 5.91 Å². The van der Waals surface area contributed by atoms with E-state index in [1.165, 1.54) is 6.92 Å². The Morgan fingerprint density at radius 2 is 1.69 bits per heavy atom. The molecule has 0 atom stereocenters. The fraction of sp³-hybridized carbons (Fsp3) is 0.300. The second-order valence-electron chi connectivity index (χ2n) is 2.22. The summed E-state index contributed by atoms with van der Waals surface area (Å²) in [5, 5.41) is 1.11. The highest BCUT2D eigenvalue weighted by Gasteiger charge is 2.03. The third-order valence-corrected chi connectivity index (χ3v) is 1.37. The lowest BCUT2D eigenvalue weighted by atomic mass is 10.3. The summed E-state index contributed by atoms with van der Waals surface area (Å²) >= 11 is 0. The molecular formula is C10H16N2O. The Balaban J connectivity index is 0.000000671. The monoisotopic (exact) mass is 180 g/mol. The van der Waals surface area contributed by atoms with Crippen molar-refractivity contribution in [2.45, 2.75) is 20.8 Å². The summed E-state index contributed by atoms with van der Waals surface area (Å²) in [5.41, 5.74) is 0.708. The lowest BCUT2D eigenvalue weighted by Crippen LogP contribution is -2.35. The number of anilines is 1. The average Bonchev–Trinajstić information content (AvgIpc) is 2.21. The third kappa shape index (κ3) is 3.71. The smallest absolute Gasteiger partial charge is 0.238 e. The van der Waals surface area contributed by atoms with Gasteiger partial charge in [0.15, 0.2) is 0 Å². The molecule has 0 aromatic heterocycles. The summed E-state index contributed by atoms with van der Waals surface area (Å²) in [5.74, 6) is 5.25. The van der Waals surface area contributed by atoms with Crippen LogP contribution >= 0.6 is 0 Å². The van der Waals surface area contributed by atoms with Gasteiger partial charge in [0.05, 0.1) is 5.69 Å². The van der Waals surface area contributed by atoms with Crippen LogP contribution in [0.5, 0.6) is 0 Å². The molecule has 0 heterocycles. The van der Waals surface area contributed by atoms with Crippen molar-refractivity contribution in [1.29, 1.82) is 0 Å². The van der Waals surface area contributed by atoms with Gasteiger partial charge < -0.3 is 0 Å². The number of benzene rings is 1. The van der Waals surface area contributed by atoms with E-state index in [1.807, 2.05) is 32.0 Å². The molecule has 2 N–H and O–H groups in total. The standard InChI is InChI=1S/C8H10N2O.C2H6/c1-7(11)10(9)8-5-3-2-4-6-8;1-2/h2-6H,9H2,1H3;1-2H3. The molecule has 0 aliphatic carbocycles. The van der Waals surface area contributed by atoms with Gasteiger partial charge in [0, 0.05) is 6.92 Å². The Morgan fingerprint density at radius 3 is 2.08 bits per heavy atom. The van der Waals surface area contributed by atoms with Crippen LogP contribution in [0.1, 0.15) is 20.8 Å². The first-order valence-corrected chi connectivity index (χ1v) is 4.32. The largest absolute Gasteiger partial charge is 0.273 e. The number of para-hydroxylation sites is 1. The van der Waals surface area contributed by atoms with Crippen molar-refractivity contribution in [3.8, 4) is 0 Å². The Morgan fingerprint density at radius 1 is 1.23 bits per heavy atom. The number of hydrogen-bond donors (Lipinski definition) is 1. The number of amides is 1. The fourth-order valence-electron chi connectivity index (χ4n) is 0.770. The molecule has 0 fully saturated rings. The average molecular weight is 180 g/mol. The summed E-state index contributed by atoms with van der Waals surface area (Å²) in [6.45, 7) is 5.42. The molecule has 0 spiro atoms. The lowest BCUT2D eigenvalue weighted by molar-refractivity contribution is -0.116. The van der Waals surface area contributed by atoms with E-state index in [4.69, 9.17) is 5.84 Å². The molecule has 0 saturated heterocycles. The first-order chi connectivity index (χ1) is 6.22. The predicted molar refractivity (Wildman–Crippen MR) is 55.1 cm³/mol. The predicted octanol–water partition coefficient (Wildman–Crippen LogP) is 1.94. The Bertz CT molecular complexity index is 246. The number of hydrazine groups is 1. The topological polar surface area (TPSA) is 46.3 Å². The summed E-state index contributed by atoms with van der Waals surface area (Å²) in [7, 11) is 0. The maximum absolute atomic E-state index is 10.7. The normalized spacial score (nSPS) is 8.31. The number of rotatable bonds is 1. The number of nitrogens with two attached hydrogens (primary N) is 1. The van der Waals surface area contributed by atoms with Gasteiger partial charge in [-0.3, -0.25) is 4.79 Å². The highest BCUT2D eigenvalue weighted by Crippen LogP contribution is 2.08. The summed E-state index contributed by atoms with van der Waals surface area (Å²) < 4.78 is 0. The fourth-order valence-corrected chi connectivity index (χ4v) is 0.770. The molecule has 72 valence electrons. The van der Waals surface area contributed by atoms with Gasteiger partial charge in [0.1, 0.15) is 0 Å². The van der Waals surface area contributed by atoms with Crippen LogP contribution < -0.4 is 10.9 Å². The maximum Gasteiger partial charge on any atom is 0.238 e. The molecule has 0 bridgehead atoms. The number of nitrogens with zero attached hydrogens (tertiary/aromatic N) is 1. The molecule has 0 aliphatic heterocycles. The van der Waals surface area contributed by atoms with Crippen molar-refractivity contribution < 1.29 is 4.79 Å². The van der Waals surface area contributed by atoms with E-state index in [-0.39, 0.29) is 5.91 Å². The third-order valence-electron chi connectivity index (χ3n) is 1.37.